The lowest BCUT2D eigenvalue weighted by molar-refractivity contribution is -0.389. The van der Waals surface area contributed by atoms with Gasteiger partial charge in [-0.15, -0.1) is 11.3 Å². The Morgan fingerprint density at radius 2 is 2.17 bits per heavy atom. The van der Waals surface area contributed by atoms with Crippen LogP contribution in [0.5, 0.6) is 0 Å². The molecule has 2 rings (SSSR count). The van der Waals surface area contributed by atoms with Crippen LogP contribution in [-0.4, -0.2) is 14.9 Å². The summed E-state index contributed by atoms with van der Waals surface area (Å²) in [6, 6.07) is 3.07. The molecule has 0 spiro atoms. The second-order valence-corrected chi connectivity index (χ2v) is 5.10. The predicted octanol–water partition coefficient (Wildman–Crippen LogP) is 2.93. The van der Waals surface area contributed by atoms with Gasteiger partial charge in [0, 0.05) is 17.1 Å². The highest BCUT2D eigenvalue weighted by atomic mass is 32.1. The maximum absolute atomic E-state index is 10.5. The van der Waals surface area contributed by atoms with Gasteiger partial charge in [0.1, 0.15) is 5.01 Å². The molecule has 1 unspecified atom stereocenters. The minimum absolute atomic E-state index is 0.0481. The van der Waals surface area contributed by atoms with Crippen molar-refractivity contribution in [2.75, 3.05) is 5.32 Å². The first-order chi connectivity index (χ1) is 8.56. The highest BCUT2D eigenvalue weighted by Gasteiger charge is 2.11. The summed E-state index contributed by atoms with van der Waals surface area (Å²) in [5.41, 5.74) is 0.737. The van der Waals surface area contributed by atoms with E-state index in [1.54, 1.807) is 17.4 Å². The Balaban J connectivity index is 2.07. The molecule has 0 aliphatic rings. The number of hydrogen-bond donors (Lipinski definition) is 1. The Kier molecular flexibility index (Phi) is 3.52. The second-order valence-electron chi connectivity index (χ2n) is 3.84. The van der Waals surface area contributed by atoms with Gasteiger partial charge in [0.05, 0.1) is 11.7 Å². The smallest absolute Gasteiger partial charge is 0.363 e. The van der Waals surface area contributed by atoms with Gasteiger partial charge in [-0.25, -0.2) is 4.98 Å². The first-order valence-electron chi connectivity index (χ1n) is 5.35. The Morgan fingerprint density at radius 1 is 1.39 bits per heavy atom. The van der Waals surface area contributed by atoms with E-state index in [0.29, 0.717) is 0 Å². The van der Waals surface area contributed by atoms with Crippen LogP contribution in [0, 0.1) is 17.0 Å². The molecule has 1 atom stereocenters. The minimum atomic E-state index is -0.516. The van der Waals surface area contributed by atoms with Crippen molar-refractivity contribution in [3.8, 4) is 0 Å². The predicted molar refractivity (Wildman–Crippen MR) is 69.8 cm³/mol. The molecule has 0 aromatic carbocycles. The van der Waals surface area contributed by atoms with E-state index in [9.17, 15) is 10.1 Å². The zero-order valence-electron chi connectivity index (χ0n) is 9.95. The molecule has 1 N–H and O–H groups in total. The Labute approximate surface area is 108 Å². The fourth-order valence-electron chi connectivity index (χ4n) is 1.46. The molecule has 0 aliphatic heterocycles. The van der Waals surface area contributed by atoms with Crippen LogP contribution in [0.1, 0.15) is 22.9 Å². The van der Waals surface area contributed by atoms with Crippen LogP contribution in [0.15, 0.2) is 24.5 Å². The number of thiazole rings is 1. The third kappa shape index (κ3) is 2.80. The highest BCUT2D eigenvalue weighted by molar-refractivity contribution is 7.11. The van der Waals surface area contributed by atoms with E-state index >= 15 is 0 Å². The largest absolute Gasteiger partial charge is 0.373 e. The number of aryl methyl sites for hydroxylation is 1. The van der Waals surface area contributed by atoms with Gasteiger partial charge < -0.3 is 15.4 Å². The summed E-state index contributed by atoms with van der Waals surface area (Å²) in [5, 5.41) is 14.7. The molecule has 0 fully saturated rings. The van der Waals surface area contributed by atoms with E-state index in [-0.39, 0.29) is 11.9 Å². The maximum Gasteiger partial charge on any atom is 0.363 e. The van der Waals surface area contributed by atoms with Crippen molar-refractivity contribution < 1.29 is 4.92 Å². The molecule has 0 amide bonds. The van der Waals surface area contributed by atoms with E-state index in [2.05, 4.69) is 15.3 Å². The van der Waals surface area contributed by atoms with Gasteiger partial charge in [-0.2, -0.15) is 0 Å². The van der Waals surface area contributed by atoms with Crippen LogP contribution in [0.4, 0.5) is 11.5 Å². The first-order valence-corrected chi connectivity index (χ1v) is 6.17. The molecule has 0 aliphatic carbocycles. The van der Waals surface area contributed by atoms with Crippen LogP contribution >= 0.6 is 11.3 Å². The van der Waals surface area contributed by atoms with E-state index in [0.717, 1.165) is 15.6 Å². The van der Waals surface area contributed by atoms with Crippen molar-refractivity contribution in [3.05, 3.63) is 44.5 Å². The molecule has 18 heavy (non-hydrogen) atoms. The number of nitro groups is 1. The Hall–Kier alpha value is -2.02. The number of nitrogens with zero attached hydrogens (tertiary/aromatic N) is 3. The summed E-state index contributed by atoms with van der Waals surface area (Å²) < 4.78 is 0. The maximum atomic E-state index is 10.5. The molecule has 7 heteroatoms. The van der Waals surface area contributed by atoms with Crippen molar-refractivity contribution >= 4 is 22.8 Å². The number of pyridine rings is 1. The van der Waals surface area contributed by atoms with Gasteiger partial charge in [-0.1, -0.05) is 0 Å². The van der Waals surface area contributed by atoms with Crippen molar-refractivity contribution in [2.45, 2.75) is 19.9 Å². The number of hydrogen-bond acceptors (Lipinski definition) is 6. The summed E-state index contributed by atoms with van der Waals surface area (Å²) >= 11 is 1.62. The molecule has 2 aromatic heterocycles. The van der Waals surface area contributed by atoms with Crippen LogP contribution in [0.3, 0.4) is 0 Å². The monoisotopic (exact) mass is 264 g/mol. The molecule has 2 heterocycles. The zero-order valence-corrected chi connectivity index (χ0v) is 10.8. The molecular weight excluding hydrogens is 252 g/mol. The van der Waals surface area contributed by atoms with E-state index in [4.69, 9.17) is 0 Å². The third-order valence-corrected chi connectivity index (χ3v) is 3.42. The zero-order chi connectivity index (χ0) is 13.1. The lowest BCUT2D eigenvalue weighted by Crippen LogP contribution is -2.06. The minimum Gasteiger partial charge on any atom is -0.373 e. The molecule has 0 saturated carbocycles. The fourth-order valence-corrected chi connectivity index (χ4v) is 2.24. The lowest BCUT2D eigenvalue weighted by Gasteiger charge is -2.10. The summed E-state index contributed by atoms with van der Waals surface area (Å²) in [4.78, 5) is 19.1. The summed E-state index contributed by atoms with van der Waals surface area (Å²) in [6.45, 7) is 3.99. The van der Waals surface area contributed by atoms with Crippen molar-refractivity contribution in [1.82, 2.24) is 9.97 Å². The van der Waals surface area contributed by atoms with E-state index in [1.165, 1.54) is 12.3 Å². The molecule has 6 nitrogen and oxygen atoms in total. The topological polar surface area (TPSA) is 81.0 Å². The number of aromatic nitrogens is 2. The second kappa shape index (κ2) is 5.09. The van der Waals surface area contributed by atoms with Crippen molar-refractivity contribution in [2.24, 2.45) is 0 Å². The van der Waals surface area contributed by atoms with Crippen molar-refractivity contribution in [3.63, 3.8) is 0 Å². The van der Waals surface area contributed by atoms with Gasteiger partial charge in [-0.3, -0.25) is 0 Å². The molecular formula is C11H12N4O2S. The van der Waals surface area contributed by atoms with Crippen LogP contribution < -0.4 is 5.32 Å². The summed E-state index contributed by atoms with van der Waals surface area (Å²) in [7, 11) is 0. The van der Waals surface area contributed by atoms with Gasteiger partial charge in [-0.05, 0) is 29.8 Å². The van der Waals surface area contributed by atoms with Gasteiger partial charge >= 0.3 is 5.82 Å². The van der Waals surface area contributed by atoms with Crippen LogP contribution in [-0.2, 0) is 0 Å². The van der Waals surface area contributed by atoms with Crippen LogP contribution in [0.25, 0.3) is 0 Å². The molecule has 0 radical (unpaired) electrons. The Morgan fingerprint density at radius 3 is 2.67 bits per heavy atom. The standard InChI is InChI=1S/C11H12N4O2S/c1-7-5-13-11(18-7)8(2)14-9-3-4-10(12-6-9)15(16)17/h3-6,8,14H,1-2H3. The SMILES string of the molecule is Cc1cnc(C(C)Nc2ccc([N+](=O)[O-])nc2)s1. The van der Waals surface area contributed by atoms with E-state index < -0.39 is 4.92 Å². The fraction of sp³-hybridized carbons (Fsp3) is 0.273. The number of nitrogens with one attached hydrogen (secondary N) is 1. The lowest BCUT2D eigenvalue weighted by atomic mass is 10.3. The molecule has 2 aromatic rings. The van der Waals surface area contributed by atoms with Gasteiger partial charge in [0.2, 0.25) is 0 Å². The van der Waals surface area contributed by atoms with Crippen molar-refractivity contribution in [1.29, 1.82) is 0 Å². The molecule has 94 valence electrons. The summed E-state index contributed by atoms with van der Waals surface area (Å²) in [5.74, 6) is -0.154. The first kappa shape index (κ1) is 12.4. The molecule has 0 bridgehead atoms. The van der Waals surface area contributed by atoms with Gasteiger partial charge in [0.15, 0.2) is 6.20 Å². The van der Waals surface area contributed by atoms with Crippen LogP contribution in [0.2, 0.25) is 0 Å². The van der Waals surface area contributed by atoms with Gasteiger partial charge in [0.25, 0.3) is 0 Å². The number of rotatable bonds is 4. The van der Waals surface area contributed by atoms with E-state index in [1.807, 2.05) is 20.0 Å². The molecule has 0 saturated heterocycles. The average Bonchev–Trinajstić information content (AvgIpc) is 2.76. The Bertz CT molecular complexity index is 552. The average molecular weight is 264 g/mol. The normalized spacial score (nSPS) is 12.1. The third-order valence-electron chi connectivity index (χ3n) is 2.33. The number of anilines is 1. The highest BCUT2D eigenvalue weighted by Crippen LogP contribution is 2.23. The quantitative estimate of drug-likeness (QED) is 0.678. The summed E-state index contributed by atoms with van der Waals surface area (Å²) in [6.07, 6.45) is 3.28.